The molecule has 0 atom stereocenters. The van der Waals surface area contributed by atoms with Crippen LogP contribution in [0.5, 0.6) is 0 Å². The SMILES string of the molecule is CCN(CCCS)Cc1ccncc1. The second kappa shape index (κ2) is 6.85. The fourth-order valence-corrected chi connectivity index (χ4v) is 1.53. The zero-order valence-corrected chi connectivity index (χ0v) is 9.58. The Labute approximate surface area is 91.8 Å². The molecule has 0 saturated heterocycles. The van der Waals surface area contributed by atoms with Gasteiger partial charge in [-0.2, -0.15) is 12.6 Å². The Balaban J connectivity index is 2.40. The van der Waals surface area contributed by atoms with Gasteiger partial charge in [0, 0.05) is 18.9 Å². The topological polar surface area (TPSA) is 16.1 Å². The van der Waals surface area contributed by atoms with E-state index in [9.17, 15) is 0 Å². The monoisotopic (exact) mass is 210 g/mol. The first-order chi connectivity index (χ1) is 6.86. The van der Waals surface area contributed by atoms with Crippen molar-refractivity contribution in [1.82, 2.24) is 9.88 Å². The first kappa shape index (κ1) is 11.5. The molecule has 1 aromatic heterocycles. The van der Waals surface area contributed by atoms with Crippen LogP contribution >= 0.6 is 12.6 Å². The van der Waals surface area contributed by atoms with Crippen LogP contribution in [0.15, 0.2) is 24.5 Å². The van der Waals surface area contributed by atoms with Gasteiger partial charge in [-0.25, -0.2) is 0 Å². The molecule has 0 unspecified atom stereocenters. The van der Waals surface area contributed by atoms with Crippen LogP contribution in [-0.4, -0.2) is 28.7 Å². The van der Waals surface area contributed by atoms with Crippen LogP contribution in [0.1, 0.15) is 18.9 Å². The quantitative estimate of drug-likeness (QED) is 0.725. The highest BCUT2D eigenvalue weighted by molar-refractivity contribution is 7.80. The van der Waals surface area contributed by atoms with Gasteiger partial charge in [-0.3, -0.25) is 9.88 Å². The molecule has 0 fully saturated rings. The molecule has 14 heavy (non-hydrogen) atoms. The molecule has 3 heteroatoms. The summed E-state index contributed by atoms with van der Waals surface area (Å²) in [7, 11) is 0. The molecule has 2 nitrogen and oxygen atoms in total. The molecule has 0 radical (unpaired) electrons. The number of nitrogens with zero attached hydrogens (tertiary/aromatic N) is 2. The van der Waals surface area contributed by atoms with Gasteiger partial charge in [-0.15, -0.1) is 0 Å². The smallest absolute Gasteiger partial charge is 0.0271 e. The van der Waals surface area contributed by atoms with Gasteiger partial charge < -0.3 is 0 Å². The number of aromatic nitrogens is 1. The summed E-state index contributed by atoms with van der Waals surface area (Å²) in [5, 5.41) is 0. The lowest BCUT2D eigenvalue weighted by molar-refractivity contribution is 0.281. The summed E-state index contributed by atoms with van der Waals surface area (Å²) in [6, 6.07) is 4.15. The molecule has 0 aliphatic rings. The number of hydrogen-bond donors (Lipinski definition) is 1. The summed E-state index contributed by atoms with van der Waals surface area (Å²) in [4.78, 5) is 6.43. The third kappa shape index (κ3) is 4.11. The molecule has 1 rings (SSSR count). The van der Waals surface area contributed by atoms with E-state index in [0.717, 1.165) is 31.8 Å². The Morgan fingerprint density at radius 1 is 1.36 bits per heavy atom. The minimum Gasteiger partial charge on any atom is -0.299 e. The molecular weight excluding hydrogens is 192 g/mol. The number of pyridine rings is 1. The standard InChI is InChI=1S/C11H18N2S/c1-2-13(8-3-9-14)10-11-4-6-12-7-5-11/h4-7,14H,2-3,8-10H2,1H3. The van der Waals surface area contributed by atoms with Gasteiger partial charge in [0.2, 0.25) is 0 Å². The Morgan fingerprint density at radius 2 is 2.07 bits per heavy atom. The van der Waals surface area contributed by atoms with Crippen molar-refractivity contribution >= 4 is 12.6 Å². The van der Waals surface area contributed by atoms with Crippen molar-refractivity contribution in [2.24, 2.45) is 0 Å². The van der Waals surface area contributed by atoms with Gasteiger partial charge in [-0.1, -0.05) is 6.92 Å². The van der Waals surface area contributed by atoms with Gasteiger partial charge in [0.25, 0.3) is 0 Å². The molecule has 0 N–H and O–H groups in total. The van der Waals surface area contributed by atoms with Crippen molar-refractivity contribution in [2.45, 2.75) is 19.9 Å². The Morgan fingerprint density at radius 3 is 2.64 bits per heavy atom. The lowest BCUT2D eigenvalue weighted by Gasteiger charge is -2.19. The summed E-state index contributed by atoms with van der Waals surface area (Å²) in [6.45, 7) is 5.44. The third-order valence-electron chi connectivity index (χ3n) is 2.24. The summed E-state index contributed by atoms with van der Waals surface area (Å²) in [6.07, 6.45) is 4.85. The second-order valence-corrected chi connectivity index (χ2v) is 3.75. The van der Waals surface area contributed by atoms with E-state index in [2.05, 4.69) is 41.6 Å². The van der Waals surface area contributed by atoms with E-state index in [1.54, 1.807) is 0 Å². The van der Waals surface area contributed by atoms with E-state index < -0.39 is 0 Å². The maximum absolute atomic E-state index is 4.22. The van der Waals surface area contributed by atoms with E-state index in [1.165, 1.54) is 5.56 Å². The van der Waals surface area contributed by atoms with Gasteiger partial charge in [0.15, 0.2) is 0 Å². The van der Waals surface area contributed by atoms with Crippen LogP contribution in [0.3, 0.4) is 0 Å². The van der Waals surface area contributed by atoms with Crippen LogP contribution in [0, 0.1) is 0 Å². The van der Waals surface area contributed by atoms with Crippen LogP contribution in [-0.2, 0) is 6.54 Å². The third-order valence-corrected chi connectivity index (χ3v) is 2.55. The average Bonchev–Trinajstić information content (AvgIpc) is 2.25. The van der Waals surface area contributed by atoms with E-state index in [-0.39, 0.29) is 0 Å². The van der Waals surface area contributed by atoms with Crippen LogP contribution in [0.2, 0.25) is 0 Å². The van der Waals surface area contributed by atoms with Crippen molar-refractivity contribution in [3.05, 3.63) is 30.1 Å². The van der Waals surface area contributed by atoms with Crippen molar-refractivity contribution in [2.75, 3.05) is 18.8 Å². The molecule has 1 heterocycles. The van der Waals surface area contributed by atoms with Gasteiger partial charge in [0.05, 0.1) is 0 Å². The van der Waals surface area contributed by atoms with Crippen molar-refractivity contribution in [1.29, 1.82) is 0 Å². The zero-order valence-electron chi connectivity index (χ0n) is 8.69. The predicted octanol–water partition coefficient (Wildman–Crippen LogP) is 2.22. The van der Waals surface area contributed by atoms with Crippen molar-refractivity contribution < 1.29 is 0 Å². The molecule has 1 aromatic rings. The highest BCUT2D eigenvalue weighted by Gasteiger charge is 2.01. The maximum Gasteiger partial charge on any atom is 0.0271 e. The maximum atomic E-state index is 4.22. The average molecular weight is 210 g/mol. The summed E-state index contributed by atoms with van der Waals surface area (Å²) < 4.78 is 0. The fraction of sp³-hybridized carbons (Fsp3) is 0.545. The van der Waals surface area contributed by atoms with E-state index in [0.29, 0.717) is 0 Å². The lowest BCUT2D eigenvalue weighted by Crippen LogP contribution is -2.24. The molecule has 0 aliphatic carbocycles. The molecule has 78 valence electrons. The number of rotatable bonds is 6. The largest absolute Gasteiger partial charge is 0.299 e. The lowest BCUT2D eigenvalue weighted by atomic mass is 10.2. The molecule has 0 aromatic carbocycles. The van der Waals surface area contributed by atoms with Crippen LogP contribution < -0.4 is 0 Å². The van der Waals surface area contributed by atoms with E-state index in [4.69, 9.17) is 0 Å². The summed E-state index contributed by atoms with van der Waals surface area (Å²) in [5.41, 5.74) is 1.33. The Kier molecular flexibility index (Phi) is 5.64. The van der Waals surface area contributed by atoms with Gasteiger partial charge in [0.1, 0.15) is 0 Å². The van der Waals surface area contributed by atoms with Crippen LogP contribution in [0.25, 0.3) is 0 Å². The van der Waals surface area contributed by atoms with Gasteiger partial charge >= 0.3 is 0 Å². The summed E-state index contributed by atoms with van der Waals surface area (Å²) in [5.74, 6) is 0.965. The number of hydrogen-bond acceptors (Lipinski definition) is 3. The summed E-state index contributed by atoms with van der Waals surface area (Å²) >= 11 is 4.22. The minimum absolute atomic E-state index is 0.965. The molecule has 0 bridgehead atoms. The first-order valence-corrected chi connectivity index (χ1v) is 5.72. The number of thiol groups is 1. The molecule has 0 saturated carbocycles. The van der Waals surface area contributed by atoms with Crippen molar-refractivity contribution in [3.63, 3.8) is 0 Å². The molecule has 0 spiro atoms. The minimum atomic E-state index is 0.965. The molecule has 0 amide bonds. The van der Waals surface area contributed by atoms with E-state index >= 15 is 0 Å². The van der Waals surface area contributed by atoms with Crippen molar-refractivity contribution in [3.8, 4) is 0 Å². The first-order valence-electron chi connectivity index (χ1n) is 5.09. The Hall–Kier alpha value is -0.540. The highest BCUT2D eigenvalue weighted by Crippen LogP contribution is 2.03. The predicted molar refractivity (Wildman–Crippen MR) is 63.7 cm³/mol. The highest BCUT2D eigenvalue weighted by atomic mass is 32.1. The second-order valence-electron chi connectivity index (χ2n) is 3.30. The fourth-order valence-electron chi connectivity index (χ4n) is 1.39. The van der Waals surface area contributed by atoms with Gasteiger partial charge in [-0.05, 0) is 43.0 Å². The zero-order chi connectivity index (χ0) is 10.2. The Bertz CT molecular complexity index is 238. The molecule has 0 aliphatic heterocycles. The van der Waals surface area contributed by atoms with Crippen LogP contribution in [0.4, 0.5) is 0 Å². The normalized spacial score (nSPS) is 10.8. The van der Waals surface area contributed by atoms with E-state index in [1.807, 2.05) is 12.4 Å². The molecular formula is C11H18N2S.